The maximum Gasteiger partial charge on any atom is 0.332 e. The molecule has 1 aromatic carbocycles. The number of hydrogen-bond acceptors (Lipinski definition) is 5. The standard InChI is InChI=1S/C17H17N5O2S/c1-10-6-4-5-7-12(10)18-8-11-9-25-16-19-14-13(22(11)16)15(23)21(3)17(24)20(14)2/h4-7,9,18H,8H2,1-3H3. The van der Waals surface area contributed by atoms with Crippen LogP contribution < -0.4 is 16.6 Å². The molecule has 3 aromatic heterocycles. The Morgan fingerprint density at radius 2 is 1.92 bits per heavy atom. The van der Waals surface area contributed by atoms with Gasteiger partial charge in [0.15, 0.2) is 16.1 Å². The number of imidazole rings is 1. The Morgan fingerprint density at radius 3 is 2.68 bits per heavy atom. The predicted molar refractivity (Wildman–Crippen MR) is 99.6 cm³/mol. The van der Waals surface area contributed by atoms with Crippen LogP contribution in [-0.2, 0) is 20.6 Å². The second-order valence-electron chi connectivity index (χ2n) is 6.00. The zero-order valence-corrected chi connectivity index (χ0v) is 14.9. The van der Waals surface area contributed by atoms with E-state index >= 15 is 0 Å². The number of aromatic nitrogens is 4. The molecule has 0 saturated heterocycles. The summed E-state index contributed by atoms with van der Waals surface area (Å²) in [6.45, 7) is 2.60. The molecule has 0 atom stereocenters. The quantitative estimate of drug-likeness (QED) is 0.609. The Kier molecular flexibility index (Phi) is 3.50. The van der Waals surface area contributed by atoms with Gasteiger partial charge in [-0.1, -0.05) is 18.2 Å². The molecular formula is C17H17N5O2S. The van der Waals surface area contributed by atoms with E-state index in [1.165, 1.54) is 23.0 Å². The Balaban J connectivity index is 1.88. The van der Waals surface area contributed by atoms with Crippen molar-refractivity contribution in [2.75, 3.05) is 5.32 Å². The third kappa shape index (κ3) is 2.29. The fourth-order valence-electron chi connectivity index (χ4n) is 2.97. The molecular weight excluding hydrogens is 338 g/mol. The van der Waals surface area contributed by atoms with Crippen LogP contribution in [0.4, 0.5) is 5.69 Å². The highest BCUT2D eigenvalue weighted by atomic mass is 32.1. The number of nitrogens with one attached hydrogen (secondary N) is 1. The summed E-state index contributed by atoms with van der Waals surface area (Å²) in [5, 5.41) is 5.39. The largest absolute Gasteiger partial charge is 0.379 e. The van der Waals surface area contributed by atoms with E-state index in [-0.39, 0.29) is 11.2 Å². The normalized spacial score (nSPS) is 11.5. The third-order valence-corrected chi connectivity index (χ3v) is 5.29. The molecule has 4 aromatic rings. The molecule has 0 radical (unpaired) electrons. The number of nitrogens with zero attached hydrogens (tertiary/aromatic N) is 4. The molecule has 25 heavy (non-hydrogen) atoms. The summed E-state index contributed by atoms with van der Waals surface area (Å²) in [7, 11) is 3.12. The molecule has 0 unspecified atom stereocenters. The van der Waals surface area contributed by atoms with Gasteiger partial charge in [-0.15, -0.1) is 11.3 Å². The van der Waals surface area contributed by atoms with Crippen molar-refractivity contribution >= 4 is 33.1 Å². The Morgan fingerprint density at radius 1 is 1.16 bits per heavy atom. The molecule has 0 amide bonds. The van der Waals surface area contributed by atoms with E-state index < -0.39 is 0 Å². The number of benzene rings is 1. The van der Waals surface area contributed by atoms with E-state index in [9.17, 15) is 9.59 Å². The molecule has 4 rings (SSSR count). The highest BCUT2D eigenvalue weighted by molar-refractivity contribution is 7.15. The summed E-state index contributed by atoms with van der Waals surface area (Å²) in [5.74, 6) is 0. The van der Waals surface area contributed by atoms with Gasteiger partial charge in [0.1, 0.15) is 0 Å². The molecule has 0 bridgehead atoms. The number of thiazole rings is 1. The molecule has 1 N–H and O–H groups in total. The van der Waals surface area contributed by atoms with Gasteiger partial charge in [0.2, 0.25) is 0 Å². The summed E-state index contributed by atoms with van der Waals surface area (Å²) < 4.78 is 4.37. The monoisotopic (exact) mass is 355 g/mol. The van der Waals surface area contributed by atoms with E-state index in [1.807, 2.05) is 41.0 Å². The van der Waals surface area contributed by atoms with Crippen molar-refractivity contribution in [3.05, 3.63) is 61.7 Å². The molecule has 0 aliphatic carbocycles. The van der Waals surface area contributed by atoms with Gasteiger partial charge in [0.05, 0.1) is 12.2 Å². The average molecular weight is 355 g/mol. The lowest BCUT2D eigenvalue weighted by Crippen LogP contribution is -2.37. The predicted octanol–water partition coefficient (Wildman–Crippen LogP) is 1.87. The van der Waals surface area contributed by atoms with Gasteiger partial charge in [0, 0.05) is 25.2 Å². The minimum atomic E-state index is -0.372. The molecule has 0 saturated carbocycles. The van der Waals surface area contributed by atoms with Gasteiger partial charge in [-0.3, -0.25) is 18.3 Å². The molecule has 3 heterocycles. The zero-order chi connectivity index (χ0) is 17.7. The van der Waals surface area contributed by atoms with Gasteiger partial charge in [0.25, 0.3) is 5.56 Å². The van der Waals surface area contributed by atoms with Gasteiger partial charge in [-0.05, 0) is 18.6 Å². The molecule has 7 nitrogen and oxygen atoms in total. The maximum absolute atomic E-state index is 12.6. The first-order chi connectivity index (χ1) is 12.0. The SMILES string of the molecule is Cc1ccccc1NCc1csc2nc3c(c(=O)n(C)c(=O)n3C)n12. The van der Waals surface area contributed by atoms with Crippen molar-refractivity contribution in [1.29, 1.82) is 0 Å². The Labute approximate surface area is 146 Å². The molecule has 0 aliphatic heterocycles. The topological polar surface area (TPSA) is 73.3 Å². The van der Waals surface area contributed by atoms with Gasteiger partial charge in [-0.2, -0.15) is 0 Å². The van der Waals surface area contributed by atoms with Crippen molar-refractivity contribution in [1.82, 2.24) is 18.5 Å². The summed E-state index contributed by atoms with van der Waals surface area (Å²) in [6, 6.07) is 8.05. The number of para-hydroxylation sites is 1. The fraction of sp³-hybridized carbons (Fsp3) is 0.235. The number of anilines is 1. The lowest BCUT2D eigenvalue weighted by atomic mass is 10.2. The first kappa shape index (κ1) is 15.6. The van der Waals surface area contributed by atoms with Crippen LogP contribution in [0, 0.1) is 6.92 Å². The van der Waals surface area contributed by atoms with Crippen molar-refractivity contribution in [2.24, 2.45) is 14.1 Å². The third-order valence-electron chi connectivity index (χ3n) is 4.42. The van der Waals surface area contributed by atoms with Crippen LogP contribution >= 0.6 is 11.3 Å². The second-order valence-corrected chi connectivity index (χ2v) is 6.84. The van der Waals surface area contributed by atoms with E-state index in [2.05, 4.69) is 10.3 Å². The Hall–Kier alpha value is -2.87. The minimum absolute atomic E-state index is 0.332. The number of aryl methyl sites for hydroxylation is 2. The van der Waals surface area contributed by atoms with Crippen LogP contribution in [0.1, 0.15) is 11.3 Å². The number of rotatable bonds is 3. The first-order valence-corrected chi connectivity index (χ1v) is 8.71. The zero-order valence-electron chi connectivity index (χ0n) is 14.1. The molecule has 8 heteroatoms. The second kappa shape index (κ2) is 5.59. The van der Waals surface area contributed by atoms with E-state index in [1.54, 1.807) is 7.05 Å². The molecule has 0 aliphatic rings. The van der Waals surface area contributed by atoms with Crippen LogP contribution in [0.2, 0.25) is 0 Å². The van der Waals surface area contributed by atoms with Crippen LogP contribution in [0.3, 0.4) is 0 Å². The lowest BCUT2D eigenvalue weighted by molar-refractivity contribution is 0.707. The first-order valence-electron chi connectivity index (χ1n) is 7.83. The van der Waals surface area contributed by atoms with E-state index in [0.717, 1.165) is 21.5 Å². The Bertz CT molecular complexity index is 1230. The molecule has 128 valence electrons. The number of hydrogen-bond donors (Lipinski definition) is 1. The highest BCUT2D eigenvalue weighted by Crippen LogP contribution is 2.22. The van der Waals surface area contributed by atoms with Gasteiger partial charge in [-0.25, -0.2) is 9.78 Å². The minimum Gasteiger partial charge on any atom is -0.379 e. The van der Waals surface area contributed by atoms with Gasteiger partial charge >= 0.3 is 5.69 Å². The van der Waals surface area contributed by atoms with Crippen LogP contribution in [0.5, 0.6) is 0 Å². The lowest BCUT2D eigenvalue weighted by Gasteiger charge is -2.09. The summed E-state index contributed by atoms with van der Waals surface area (Å²) >= 11 is 1.46. The van der Waals surface area contributed by atoms with Crippen molar-refractivity contribution in [3.63, 3.8) is 0 Å². The van der Waals surface area contributed by atoms with E-state index in [4.69, 9.17) is 0 Å². The van der Waals surface area contributed by atoms with Crippen LogP contribution in [-0.4, -0.2) is 18.5 Å². The fourth-order valence-corrected chi connectivity index (χ4v) is 3.86. The summed E-state index contributed by atoms with van der Waals surface area (Å²) in [5.41, 5.74) is 3.28. The van der Waals surface area contributed by atoms with Crippen LogP contribution in [0.25, 0.3) is 16.1 Å². The van der Waals surface area contributed by atoms with Crippen LogP contribution in [0.15, 0.2) is 39.2 Å². The van der Waals surface area contributed by atoms with Crippen molar-refractivity contribution < 1.29 is 0 Å². The van der Waals surface area contributed by atoms with Crippen molar-refractivity contribution in [3.8, 4) is 0 Å². The number of fused-ring (bicyclic) bond motifs is 3. The summed E-state index contributed by atoms with van der Waals surface area (Å²) in [4.78, 5) is 29.9. The molecule has 0 spiro atoms. The smallest absolute Gasteiger partial charge is 0.332 e. The van der Waals surface area contributed by atoms with E-state index in [0.29, 0.717) is 22.7 Å². The maximum atomic E-state index is 12.6. The molecule has 0 fully saturated rings. The highest BCUT2D eigenvalue weighted by Gasteiger charge is 2.18. The van der Waals surface area contributed by atoms with Gasteiger partial charge < -0.3 is 5.32 Å². The average Bonchev–Trinajstić information content (AvgIpc) is 3.17. The van der Waals surface area contributed by atoms with Crippen molar-refractivity contribution in [2.45, 2.75) is 13.5 Å². The summed E-state index contributed by atoms with van der Waals surface area (Å²) in [6.07, 6.45) is 0.